The summed E-state index contributed by atoms with van der Waals surface area (Å²) in [5, 5.41) is 5.90. The zero-order chi connectivity index (χ0) is 15.3. The van der Waals surface area contributed by atoms with Gasteiger partial charge in [-0.3, -0.25) is 0 Å². The monoisotopic (exact) mass is 326 g/mol. The van der Waals surface area contributed by atoms with Gasteiger partial charge in [0.15, 0.2) is 0 Å². The third kappa shape index (κ3) is 4.48. The summed E-state index contributed by atoms with van der Waals surface area (Å²) in [4.78, 5) is 8.53. The normalized spacial score (nSPS) is 11.5. The maximum atomic E-state index is 12.1. The Balaban J connectivity index is 1.94. The van der Waals surface area contributed by atoms with E-state index in [2.05, 4.69) is 20.0 Å². The summed E-state index contributed by atoms with van der Waals surface area (Å²) in [7, 11) is -3.52. The van der Waals surface area contributed by atoms with Crippen LogP contribution in [0.4, 0.5) is 5.82 Å². The lowest BCUT2D eigenvalue weighted by atomic mass is 10.4. The van der Waals surface area contributed by atoms with Gasteiger partial charge in [0.05, 0.1) is 5.01 Å². The van der Waals surface area contributed by atoms with Crippen LogP contribution in [0, 0.1) is 6.92 Å². The maximum Gasteiger partial charge on any atom is 0.242 e. The summed E-state index contributed by atoms with van der Waals surface area (Å²) in [6.45, 7) is 4.94. The van der Waals surface area contributed by atoms with Crippen molar-refractivity contribution in [2.45, 2.75) is 25.2 Å². The number of aromatic nitrogens is 2. The zero-order valence-electron chi connectivity index (χ0n) is 12.0. The predicted molar refractivity (Wildman–Crippen MR) is 84.1 cm³/mol. The highest BCUT2D eigenvalue weighted by Crippen LogP contribution is 2.12. The average Bonchev–Trinajstić information content (AvgIpc) is 2.85. The number of thiazole rings is 1. The van der Waals surface area contributed by atoms with E-state index < -0.39 is 10.0 Å². The first-order valence-corrected chi connectivity index (χ1v) is 8.98. The second-order valence-corrected chi connectivity index (χ2v) is 7.15. The van der Waals surface area contributed by atoms with Gasteiger partial charge >= 0.3 is 0 Å². The number of rotatable bonds is 7. The van der Waals surface area contributed by atoms with Gasteiger partial charge in [0, 0.05) is 36.8 Å². The van der Waals surface area contributed by atoms with E-state index in [-0.39, 0.29) is 4.90 Å². The molecule has 0 amide bonds. The van der Waals surface area contributed by atoms with Gasteiger partial charge in [0.25, 0.3) is 0 Å². The van der Waals surface area contributed by atoms with Crippen LogP contribution in [0.2, 0.25) is 0 Å². The van der Waals surface area contributed by atoms with Crippen LogP contribution in [0.15, 0.2) is 28.6 Å². The van der Waals surface area contributed by atoms with Crippen molar-refractivity contribution in [1.82, 2.24) is 14.7 Å². The highest BCUT2D eigenvalue weighted by Gasteiger charge is 2.14. The number of pyridine rings is 1. The fourth-order valence-corrected chi connectivity index (χ4v) is 3.47. The molecule has 0 aromatic carbocycles. The quantitative estimate of drug-likeness (QED) is 0.810. The van der Waals surface area contributed by atoms with Gasteiger partial charge in [-0.15, -0.1) is 11.3 Å². The summed E-state index contributed by atoms with van der Waals surface area (Å²) in [6, 6.07) is 3.20. The molecule has 0 aliphatic heterocycles. The van der Waals surface area contributed by atoms with E-state index in [1.54, 1.807) is 12.1 Å². The third-order valence-electron chi connectivity index (χ3n) is 2.70. The highest BCUT2D eigenvalue weighted by molar-refractivity contribution is 7.89. The lowest BCUT2D eigenvalue weighted by molar-refractivity contribution is 0.581. The van der Waals surface area contributed by atoms with E-state index in [1.807, 2.05) is 19.2 Å². The Morgan fingerprint density at radius 1 is 1.33 bits per heavy atom. The molecule has 0 saturated carbocycles. The molecular formula is C13H18N4O2S2. The smallest absolute Gasteiger partial charge is 0.242 e. The molecular weight excluding hydrogens is 308 g/mol. The number of hydrogen-bond acceptors (Lipinski definition) is 6. The second-order valence-electron chi connectivity index (χ2n) is 4.44. The van der Waals surface area contributed by atoms with E-state index in [1.165, 1.54) is 17.5 Å². The summed E-state index contributed by atoms with van der Waals surface area (Å²) in [6.07, 6.45) is 1.94. The van der Waals surface area contributed by atoms with Crippen LogP contribution >= 0.6 is 11.3 Å². The van der Waals surface area contributed by atoms with Gasteiger partial charge in [-0.1, -0.05) is 0 Å². The molecule has 0 spiro atoms. The molecule has 2 rings (SSSR count). The number of nitrogens with one attached hydrogen (secondary N) is 2. The minimum absolute atomic E-state index is 0.166. The molecule has 0 radical (unpaired) electrons. The van der Waals surface area contributed by atoms with E-state index in [9.17, 15) is 8.42 Å². The van der Waals surface area contributed by atoms with Gasteiger partial charge in [-0.25, -0.2) is 23.1 Å². The topological polar surface area (TPSA) is 84.0 Å². The van der Waals surface area contributed by atoms with Crippen LogP contribution in [0.3, 0.4) is 0 Å². The van der Waals surface area contributed by atoms with Crippen molar-refractivity contribution in [2.24, 2.45) is 0 Å². The first kappa shape index (κ1) is 15.9. The van der Waals surface area contributed by atoms with Crippen molar-refractivity contribution >= 4 is 27.2 Å². The van der Waals surface area contributed by atoms with E-state index >= 15 is 0 Å². The minimum Gasteiger partial charge on any atom is -0.370 e. The number of nitrogens with zero attached hydrogens (tertiary/aromatic N) is 2. The molecule has 0 aliphatic rings. The van der Waals surface area contributed by atoms with Crippen LogP contribution in [-0.2, 0) is 16.4 Å². The fourth-order valence-electron chi connectivity index (χ4n) is 1.72. The van der Waals surface area contributed by atoms with E-state index in [0.717, 1.165) is 17.2 Å². The standard InChI is InChI=1S/C13H18N4O2S2/c1-3-14-12-5-4-11(8-15-12)21(18,19)16-7-6-13-17-10(2)9-20-13/h4-5,8-9,16H,3,6-7H2,1-2H3,(H,14,15). The van der Waals surface area contributed by atoms with E-state index in [4.69, 9.17) is 0 Å². The number of aryl methyl sites for hydroxylation is 1. The maximum absolute atomic E-state index is 12.1. The van der Waals surface area contributed by atoms with E-state index in [0.29, 0.717) is 18.8 Å². The van der Waals surface area contributed by atoms with Crippen LogP contribution in [0.1, 0.15) is 17.6 Å². The molecule has 8 heteroatoms. The van der Waals surface area contributed by atoms with Crippen molar-refractivity contribution in [2.75, 3.05) is 18.4 Å². The minimum atomic E-state index is -3.52. The molecule has 0 bridgehead atoms. The van der Waals surface area contributed by atoms with Crippen molar-refractivity contribution in [1.29, 1.82) is 0 Å². The zero-order valence-corrected chi connectivity index (χ0v) is 13.6. The Morgan fingerprint density at radius 3 is 2.71 bits per heavy atom. The predicted octanol–water partition coefficient (Wildman–Crippen LogP) is 1.80. The summed E-state index contributed by atoms with van der Waals surface area (Å²) in [5.41, 5.74) is 0.959. The van der Waals surface area contributed by atoms with Gasteiger partial charge in [0.2, 0.25) is 10.0 Å². The molecule has 2 aromatic heterocycles. The molecule has 114 valence electrons. The van der Waals surface area contributed by atoms with Gasteiger partial charge in [-0.2, -0.15) is 0 Å². The molecule has 6 nitrogen and oxygen atoms in total. The van der Waals surface area contributed by atoms with Crippen LogP contribution in [0.25, 0.3) is 0 Å². The molecule has 2 N–H and O–H groups in total. The molecule has 0 fully saturated rings. The lowest BCUT2D eigenvalue weighted by Gasteiger charge is -2.07. The molecule has 0 unspecified atom stereocenters. The number of anilines is 1. The highest BCUT2D eigenvalue weighted by atomic mass is 32.2. The largest absolute Gasteiger partial charge is 0.370 e. The number of sulfonamides is 1. The molecule has 2 heterocycles. The SMILES string of the molecule is CCNc1ccc(S(=O)(=O)NCCc2nc(C)cs2)cn1. The molecule has 0 aliphatic carbocycles. The summed E-state index contributed by atoms with van der Waals surface area (Å²) < 4.78 is 26.8. The Hall–Kier alpha value is -1.51. The summed E-state index contributed by atoms with van der Waals surface area (Å²) in [5.74, 6) is 0.662. The van der Waals surface area contributed by atoms with Gasteiger partial charge in [-0.05, 0) is 26.0 Å². The van der Waals surface area contributed by atoms with Crippen molar-refractivity contribution in [3.63, 3.8) is 0 Å². The Kier molecular flexibility index (Phi) is 5.27. The van der Waals surface area contributed by atoms with Crippen molar-refractivity contribution in [3.8, 4) is 0 Å². The Labute approximate surface area is 128 Å². The molecule has 0 saturated heterocycles. The average molecular weight is 326 g/mol. The Bertz CT molecular complexity index is 680. The molecule has 0 atom stereocenters. The van der Waals surface area contributed by atoms with Crippen molar-refractivity contribution < 1.29 is 8.42 Å². The summed E-state index contributed by atoms with van der Waals surface area (Å²) >= 11 is 1.54. The van der Waals surface area contributed by atoms with Crippen LogP contribution in [0.5, 0.6) is 0 Å². The van der Waals surface area contributed by atoms with Crippen LogP contribution < -0.4 is 10.0 Å². The third-order valence-corrected chi connectivity index (χ3v) is 5.17. The lowest BCUT2D eigenvalue weighted by Crippen LogP contribution is -2.26. The van der Waals surface area contributed by atoms with Gasteiger partial charge < -0.3 is 5.32 Å². The van der Waals surface area contributed by atoms with Crippen LogP contribution in [-0.4, -0.2) is 31.5 Å². The number of hydrogen-bond donors (Lipinski definition) is 2. The van der Waals surface area contributed by atoms with Gasteiger partial charge in [0.1, 0.15) is 10.7 Å². The first-order valence-electron chi connectivity index (χ1n) is 6.62. The second kappa shape index (κ2) is 6.97. The first-order chi connectivity index (χ1) is 10.0. The fraction of sp³-hybridized carbons (Fsp3) is 0.385. The van der Waals surface area contributed by atoms with Crippen molar-refractivity contribution in [3.05, 3.63) is 34.4 Å². The Morgan fingerprint density at radius 2 is 2.14 bits per heavy atom. The molecule has 2 aromatic rings. The molecule has 21 heavy (non-hydrogen) atoms.